The maximum Gasteiger partial charge on any atom is 0.183 e. The summed E-state index contributed by atoms with van der Waals surface area (Å²) in [6, 6.07) is 6.71. The molecule has 1 unspecified atom stereocenters. The largest absolute Gasteiger partial charge is 0.357 e. The van der Waals surface area contributed by atoms with Crippen molar-refractivity contribution in [2.45, 2.75) is 32.4 Å². The maximum absolute atomic E-state index is 13.0. The Morgan fingerprint density at radius 3 is 2.91 bits per heavy atom. The van der Waals surface area contributed by atoms with E-state index >= 15 is 0 Å². The van der Waals surface area contributed by atoms with E-state index in [0.29, 0.717) is 6.04 Å². The second-order valence-electron chi connectivity index (χ2n) is 5.68. The Morgan fingerprint density at radius 2 is 2.09 bits per heavy atom. The zero-order valence-corrected chi connectivity index (χ0v) is 13.5. The molecule has 3 heterocycles. The smallest absolute Gasteiger partial charge is 0.183 e. The number of anilines is 1. The Morgan fingerprint density at radius 1 is 1.26 bits per heavy atom. The first-order valence-electron chi connectivity index (χ1n) is 7.56. The molecule has 0 bridgehead atoms. The highest BCUT2D eigenvalue weighted by Crippen LogP contribution is 2.26. The number of thiazole rings is 1. The number of nitrogens with zero attached hydrogens (tertiary/aromatic N) is 4. The van der Waals surface area contributed by atoms with E-state index in [0.717, 1.165) is 47.4 Å². The molecule has 1 aromatic carbocycles. The Kier molecular flexibility index (Phi) is 3.57. The molecule has 0 radical (unpaired) electrons. The molecule has 23 heavy (non-hydrogen) atoms. The molecule has 0 aliphatic carbocycles. The maximum atomic E-state index is 13.0. The van der Waals surface area contributed by atoms with Gasteiger partial charge in [0.15, 0.2) is 5.13 Å². The summed E-state index contributed by atoms with van der Waals surface area (Å²) in [6.07, 6.45) is 1.94. The number of hydrogen-bond acceptors (Lipinski definition) is 5. The van der Waals surface area contributed by atoms with Gasteiger partial charge < -0.3 is 5.32 Å². The van der Waals surface area contributed by atoms with Crippen LogP contribution in [0.2, 0.25) is 0 Å². The summed E-state index contributed by atoms with van der Waals surface area (Å²) in [5.74, 6) is 1.66. The van der Waals surface area contributed by atoms with Gasteiger partial charge in [0.2, 0.25) is 0 Å². The number of halogens is 1. The third-order valence-corrected chi connectivity index (χ3v) is 4.71. The number of rotatable bonds is 3. The summed E-state index contributed by atoms with van der Waals surface area (Å²) < 4.78 is 15.0. The normalized spacial score (nSPS) is 17.0. The Bertz CT molecular complexity index is 823. The number of aromatic nitrogens is 4. The molecule has 118 valence electrons. The van der Waals surface area contributed by atoms with Crippen molar-refractivity contribution in [1.82, 2.24) is 19.7 Å². The van der Waals surface area contributed by atoms with Crippen molar-refractivity contribution in [2.24, 2.45) is 0 Å². The van der Waals surface area contributed by atoms with E-state index in [2.05, 4.69) is 20.4 Å². The molecule has 4 rings (SSSR count). The van der Waals surface area contributed by atoms with Crippen LogP contribution in [0.15, 0.2) is 29.6 Å². The molecule has 1 N–H and O–H groups in total. The van der Waals surface area contributed by atoms with Crippen LogP contribution in [0.4, 0.5) is 9.52 Å². The van der Waals surface area contributed by atoms with Crippen LogP contribution in [-0.2, 0) is 13.0 Å². The lowest BCUT2D eigenvalue weighted by Crippen LogP contribution is -2.31. The van der Waals surface area contributed by atoms with E-state index in [4.69, 9.17) is 0 Å². The number of hydrogen-bond donors (Lipinski definition) is 1. The number of nitrogens with one attached hydrogen (secondary N) is 1. The molecule has 1 aliphatic heterocycles. The highest BCUT2D eigenvalue weighted by Gasteiger charge is 2.21. The number of benzene rings is 1. The van der Waals surface area contributed by atoms with Crippen molar-refractivity contribution in [3.05, 3.63) is 47.1 Å². The minimum absolute atomic E-state index is 0.233. The molecule has 1 atom stereocenters. The lowest BCUT2D eigenvalue weighted by molar-refractivity contribution is 0.441. The van der Waals surface area contributed by atoms with Gasteiger partial charge in [-0.15, -0.1) is 11.3 Å². The van der Waals surface area contributed by atoms with Crippen molar-refractivity contribution in [3.8, 4) is 11.3 Å². The topological polar surface area (TPSA) is 55.6 Å². The van der Waals surface area contributed by atoms with E-state index in [1.54, 1.807) is 23.5 Å². The van der Waals surface area contributed by atoms with Crippen molar-refractivity contribution >= 4 is 16.5 Å². The second kappa shape index (κ2) is 5.73. The van der Waals surface area contributed by atoms with Crippen LogP contribution in [0.5, 0.6) is 0 Å². The molecule has 2 aromatic heterocycles. The fraction of sp³-hybridized carbons (Fsp3) is 0.312. The van der Waals surface area contributed by atoms with Gasteiger partial charge in [-0.2, -0.15) is 5.10 Å². The highest BCUT2D eigenvalue weighted by molar-refractivity contribution is 7.14. The minimum Gasteiger partial charge on any atom is -0.357 e. The first-order valence-corrected chi connectivity index (χ1v) is 8.44. The molecular formula is C16H16FN5S. The van der Waals surface area contributed by atoms with Gasteiger partial charge in [0, 0.05) is 23.4 Å². The summed E-state index contributed by atoms with van der Waals surface area (Å²) in [5.41, 5.74) is 1.79. The van der Waals surface area contributed by atoms with Crippen LogP contribution in [0.3, 0.4) is 0 Å². The van der Waals surface area contributed by atoms with E-state index in [-0.39, 0.29) is 5.82 Å². The summed E-state index contributed by atoms with van der Waals surface area (Å²) in [5, 5.41) is 10.8. The first-order chi connectivity index (χ1) is 11.2. The Balaban J connectivity index is 1.47. The van der Waals surface area contributed by atoms with Crippen LogP contribution in [0.25, 0.3) is 11.3 Å². The molecule has 5 nitrogen and oxygen atoms in total. The summed E-state index contributed by atoms with van der Waals surface area (Å²) in [4.78, 5) is 9.03. The van der Waals surface area contributed by atoms with E-state index < -0.39 is 0 Å². The SMILES string of the molecule is Cc1nc2n(n1)CC(Nc1nc(-c3ccc(F)cc3)cs1)CC2. The molecular weight excluding hydrogens is 313 g/mol. The Hall–Kier alpha value is -2.28. The fourth-order valence-electron chi connectivity index (χ4n) is 2.82. The van der Waals surface area contributed by atoms with Crippen LogP contribution in [0, 0.1) is 12.7 Å². The quantitative estimate of drug-likeness (QED) is 0.801. The van der Waals surface area contributed by atoms with Gasteiger partial charge in [0.05, 0.1) is 12.2 Å². The van der Waals surface area contributed by atoms with E-state index in [9.17, 15) is 4.39 Å². The van der Waals surface area contributed by atoms with Gasteiger partial charge in [-0.25, -0.2) is 19.0 Å². The first kappa shape index (κ1) is 14.3. The van der Waals surface area contributed by atoms with E-state index in [1.165, 1.54) is 12.1 Å². The molecule has 0 amide bonds. The minimum atomic E-state index is -0.233. The van der Waals surface area contributed by atoms with Gasteiger partial charge in [-0.1, -0.05) is 0 Å². The van der Waals surface area contributed by atoms with Gasteiger partial charge in [-0.3, -0.25) is 0 Å². The van der Waals surface area contributed by atoms with Crippen LogP contribution >= 0.6 is 11.3 Å². The van der Waals surface area contributed by atoms with Gasteiger partial charge >= 0.3 is 0 Å². The van der Waals surface area contributed by atoms with Crippen molar-refractivity contribution in [3.63, 3.8) is 0 Å². The Labute approximate surface area is 137 Å². The zero-order valence-electron chi connectivity index (χ0n) is 12.7. The average molecular weight is 329 g/mol. The van der Waals surface area contributed by atoms with Crippen molar-refractivity contribution < 1.29 is 4.39 Å². The molecule has 1 aliphatic rings. The molecule has 3 aromatic rings. The zero-order chi connectivity index (χ0) is 15.8. The summed E-state index contributed by atoms with van der Waals surface area (Å²) in [6.45, 7) is 2.73. The van der Waals surface area contributed by atoms with Gasteiger partial charge in [-0.05, 0) is 37.6 Å². The standard InChI is InChI=1S/C16H16FN5S/c1-10-18-15-7-6-13(8-22(15)21-10)19-16-20-14(9-23-16)11-2-4-12(17)5-3-11/h2-5,9,13H,6-8H2,1H3,(H,19,20). The fourth-order valence-corrected chi connectivity index (χ4v) is 3.62. The van der Waals surface area contributed by atoms with Gasteiger partial charge in [0.1, 0.15) is 17.5 Å². The highest BCUT2D eigenvalue weighted by atomic mass is 32.1. The molecule has 0 spiro atoms. The summed E-state index contributed by atoms with van der Waals surface area (Å²) >= 11 is 1.57. The van der Waals surface area contributed by atoms with Crippen molar-refractivity contribution in [2.75, 3.05) is 5.32 Å². The molecule has 0 saturated carbocycles. The molecule has 0 saturated heterocycles. The summed E-state index contributed by atoms with van der Waals surface area (Å²) in [7, 11) is 0. The van der Waals surface area contributed by atoms with E-state index in [1.807, 2.05) is 17.0 Å². The number of fused-ring (bicyclic) bond motifs is 1. The predicted octanol–water partition coefficient (Wildman–Crippen LogP) is 3.28. The van der Waals surface area contributed by atoms with Gasteiger partial charge in [0.25, 0.3) is 0 Å². The van der Waals surface area contributed by atoms with Crippen LogP contribution < -0.4 is 5.32 Å². The average Bonchev–Trinajstić information content (AvgIpc) is 3.13. The third kappa shape index (κ3) is 2.96. The lowest BCUT2D eigenvalue weighted by Gasteiger charge is -2.23. The second-order valence-corrected chi connectivity index (χ2v) is 6.54. The van der Waals surface area contributed by atoms with Crippen molar-refractivity contribution in [1.29, 1.82) is 0 Å². The predicted molar refractivity (Wildman–Crippen MR) is 88.0 cm³/mol. The monoisotopic (exact) mass is 329 g/mol. The number of aryl methyl sites for hydroxylation is 2. The lowest BCUT2D eigenvalue weighted by atomic mass is 10.1. The molecule has 0 fully saturated rings. The third-order valence-electron chi connectivity index (χ3n) is 3.94. The molecule has 7 heteroatoms. The van der Waals surface area contributed by atoms with Crippen LogP contribution in [0.1, 0.15) is 18.1 Å². The van der Waals surface area contributed by atoms with Crippen LogP contribution in [-0.4, -0.2) is 25.8 Å².